The second kappa shape index (κ2) is 8.18. The molecule has 2 N–H and O–H groups in total. The van der Waals surface area contributed by atoms with Crippen molar-refractivity contribution in [3.63, 3.8) is 0 Å². The Morgan fingerprint density at radius 1 is 1.32 bits per heavy atom. The van der Waals surface area contributed by atoms with Crippen LogP contribution in [0.15, 0.2) is 18.2 Å². The summed E-state index contributed by atoms with van der Waals surface area (Å²) in [5, 5.41) is 12.6. The van der Waals surface area contributed by atoms with E-state index in [9.17, 15) is 5.11 Å². The molecule has 0 aliphatic carbocycles. The summed E-state index contributed by atoms with van der Waals surface area (Å²) in [7, 11) is 0. The number of nitrogens with one attached hydrogen (secondary N) is 1. The average Bonchev–Trinajstić information content (AvgIpc) is 2.37. The minimum absolute atomic E-state index is 0.192. The van der Waals surface area contributed by atoms with E-state index in [1.807, 2.05) is 0 Å². The molecule has 108 valence electrons. The molecule has 3 heteroatoms. The van der Waals surface area contributed by atoms with Crippen LogP contribution in [0.25, 0.3) is 0 Å². The molecule has 0 amide bonds. The van der Waals surface area contributed by atoms with Gasteiger partial charge in [-0.3, -0.25) is 0 Å². The van der Waals surface area contributed by atoms with Crippen LogP contribution in [0, 0.1) is 6.92 Å². The molecular formula is C16H28N2O. The Bertz CT molecular complexity index is 377. The SMILES string of the molecule is CCCNCc1ccc(N(CCO)C(C)C)c(C)c1. The zero-order valence-corrected chi connectivity index (χ0v) is 12.7. The number of nitrogens with zero attached hydrogens (tertiary/aromatic N) is 1. The van der Waals surface area contributed by atoms with Crippen LogP contribution in [0.5, 0.6) is 0 Å². The third kappa shape index (κ3) is 4.84. The van der Waals surface area contributed by atoms with Gasteiger partial charge in [-0.1, -0.05) is 19.1 Å². The third-order valence-electron chi connectivity index (χ3n) is 3.29. The predicted octanol–water partition coefficient (Wildman–Crippen LogP) is 2.70. The van der Waals surface area contributed by atoms with E-state index in [0.717, 1.165) is 19.5 Å². The molecule has 0 bridgehead atoms. The highest BCUT2D eigenvalue weighted by atomic mass is 16.3. The van der Waals surface area contributed by atoms with Crippen LogP contribution in [-0.4, -0.2) is 30.8 Å². The molecule has 1 aromatic rings. The van der Waals surface area contributed by atoms with Crippen molar-refractivity contribution >= 4 is 5.69 Å². The number of benzene rings is 1. The fourth-order valence-electron chi connectivity index (χ4n) is 2.32. The van der Waals surface area contributed by atoms with Gasteiger partial charge in [-0.2, -0.15) is 0 Å². The molecule has 0 unspecified atom stereocenters. The predicted molar refractivity (Wildman–Crippen MR) is 82.7 cm³/mol. The van der Waals surface area contributed by atoms with Gasteiger partial charge in [-0.05, 0) is 50.9 Å². The van der Waals surface area contributed by atoms with E-state index in [4.69, 9.17) is 0 Å². The van der Waals surface area contributed by atoms with Gasteiger partial charge in [-0.15, -0.1) is 0 Å². The zero-order valence-electron chi connectivity index (χ0n) is 12.7. The third-order valence-corrected chi connectivity index (χ3v) is 3.29. The van der Waals surface area contributed by atoms with Crippen molar-refractivity contribution in [1.82, 2.24) is 5.32 Å². The van der Waals surface area contributed by atoms with Gasteiger partial charge in [0, 0.05) is 24.8 Å². The Hall–Kier alpha value is -1.06. The quantitative estimate of drug-likeness (QED) is 0.709. The molecule has 0 fully saturated rings. The van der Waals surface area contributed by atoms with Crippen LogP contribution in [0.1, 0.15) is 38.3 Å². The van der Waals surface area contributed by atoms with E-state index < -0.39 is 0 Å². The number of anilines is 1. The lowest BCUT2D eigenvalue weighted by atomic mass is 10.1. The Morgan fingerprint density at radius 2 is 2.05 bits per heavy atom. The molecule has 0 aliphatic rings. The number of rotatable bonds is 8. The molecule has 0 aliphatic heterocycles. The monoisotopic (exact) mass is 264 g/mol. The van der Waals surface area contributed by atoms with Gasteiger partial charge in [0.1, 0.15) is 0 Å². The highest BCUT2D eigenvalue weighted by Gasteiger charge is 2.12. The molecule has 0 saturated carbocycles. The molecule has 0 saturated heterocycles. The first-order chi connectivity index (χ1) is 9.10. The van der Waals surface area contributed by atoms with Crippen molar-refractivity contribution in [2.45, 2.75) is 46.7 Å². The fourth-order valence-corrected chi connectivity index (χ4v) is 2.32. The van der Waals surface area contributed by atoms with E-state index in [2.05, 4.69) is 56.1 Å². The van der Waals surface area contributed by atoms with Gasteiger partial charge in [0.25, 0.3) is 0 Å². The maximum Gasteiger partial charge on any atom is 0.0606 e. The van der Waals surface area contributed by atoms with Crippen LogP contribution in [0.3, 0.4) is 0 Å². The van der Waals surface area contributed by atoms with Gasteiger partial charge in [0.05, 0.1) is 6.61 Å². The molecule has 0 aromatic heterocycles. The fraction of sp³-hybridized carbons (Fsp3) is 0.625. The highest BCUT2D eigenvalue weighted by molar-refractivity contribution is 5.55. The van der Waals surface area contributed by atoms with Crippen LogP contribution >= 0.6 is 0 Å². The van der Waals surface area contributed by atoms with Crippen LogP contribution in [-0.2, 0) is 6.54 Å². The second-order valence-corrected chi connectivity index (χ2v) is 5.31. The summed E-state index contributed by atoms with van der Waals surface area (Å²) in [6.07, 6.45) is 1.16. The topological polar surface area (TPSA) is 35.5 Å². The minimum Gasteiger partial charge on any atom is -0.395 e. The lowest BCUT2D eigenvalue weighted by Crippen LogP contribution is -2.34. The van der Waals surface area contributed by atoms with Crippen LogP contribution in [0.4, 0.5) is 5.69 Å². The van der Waals surface area contributed by atoms with Gasteiger partial charge < -0.3 is 15.3 Å². The van der Waals surface area contributed by atoms with E-state index in [1.165, 1.54) is 16.8 Å². The van der Waals surface area contributed by atoms with Crippen molar-refractivity contribution in [3.8, 4) is 0 Å². The summed E-state index contributed by atoms with van der Waals surface area (Å²) in [5.74, 6) is 0. The van der Waals surface area contributed by atoms with E-state index >= 15 is 0 Å². The van der Waals surface area contributed by atoms with Crippen molar-refractivity contribution < 1.29 is 5.11 Å². The van der Waals surface area contributed by atoms with Crippen molar-refractivity contribution in [1.29, 1.82) is 0 Å². The first-order valence-corrected chi connectivity index (χ1v) is 7.27. The summed E-state index contributed by atoms with van der Waals surface area (Å²) < 4.78 is 0. The Balaban J connectivity index is 2.80. The minimum atomic E-state index is 0.192. The summed E-state index contributed by atoms with van der Waals surface area (Å²) in [4.78, 5) is 2.25. The zero-order chi connectivity index (χ0) is 14.3. The maximum absolute atomic E-state index is 9.18. The Kier molecular flexibility index (Phi) is 6.89. The van der Waals surface area contributed by atoms with E-state index in [0.29, 0.717) is 12.6 Å². The molecule has 0 spiro atoms. The number of hydrogen-bond acceptors (Lipinski definition) is 3. The molecule has 1 aromatic carbocycles. The van der Waals surface area contributed by atoms with E-state index in [-0.39, 0.29) is 6.61 Å². The van der Waals surface area contributed by atoms with Gasteiger partial charge >= 0.3 is 0 Å². The van der Waals surface area contributed by atoms with Gasteiger partial charge in [-0.25, -0.2) is 0 Å². The average molecular weight is 264 g/mol. The second-order valence-electron chi connectivity index (χ2n) is 5.31. The molecule has 19 heavy (non-hydrogen) atoms. The summed E-state index contributed by atoms with van der Waals surface area (Å²) >= 11 is 0. The number of aryl methyl sites for hydroxylation is 1. The molecule has 0 radical (unpaired) electrons. The number of aliphatic hydroxyl groups is 1. The van der Waals surface area contributed by atoms with Crippen molar-refractivity contribution in [2.24, 2.45) is 0 Å². The van der Waals surface area contributed by atoms with E-state index in [1.54, 1.807) is 0 Å². The summed E-state index contributed by atoms with van der Waals surface area (Å²) in [6.45, 7) is 11.5. The number of aliphatic hydroxyl groups excluding tert-OH is 1. The molecule has 1 rings (SSSR count). The Morgan fingerprint density at radius 3 is 2.58 bits per heavy atom. The first kappa shape index (κ1) is 16.0. The lowest BCUT2D eigenvalue weighted by Gasteiger charge is -2.30. The van der Waals surface area contributed by atoms with Gasteiger partial charge in [0.2, 0.25) is 0 Å². The molecule has 3 nitrogen and oxygen atoms in total. The van der Waals surface area contributed by atoms with Crippen LogP contribution < -0.4 is 10.2 Å². The summed E-state index contributed by atoms with van der Waals surface area (Å²) in [6, 6.07) is 6.99. The molecular weight excluding hydrogens is 236 g/mol. The highest BCUT2D eigenvalue weighted by Crippen LogP contribution is 2.23. The maximum atomic E-state index is 9.18. The first-order valence-electron chi connectivity index (χ1n) is 7.27. The standard InChI is InChI=1S/C16H28N2O/c1-5-8-17-12-15-6-7-16(14(4)11-15)18(9-10-19)13(2)3/h6-7,11,13,17,19H,5,8-10,12H2,1-4H3. The normalized spacial score (nSPS) is 11.1. The van der Waals surface area contributed by atoms with Crippen LogP contribution in [0.2, 0.25) is 0 Å². The Labute approximate surface area is 117 Å². The molecule has 0 heterocycles. The number of hydrogen-bond donors (Lipinski definition) is 2. The van der Waals surface area contributed by atoms with Crippen molar-refractivity contribution in [3.05, 3.63) is 29.3 Å². The van der Waals surface area contributed by atoms with Gasteiger partial charge in [0.15, 0.2) is 0 Å². The summed E-state index contributed by atoms with van der Waals surface area (Å²) in [5.41, 5.74) is 3.82. The van der Waals surface area contributed by atoms with Crippen molar-refractivity contribution in [2.75, 3.05) is 24.6 Å². The smallest absolute Gasteiger partial charge is 0.0606 e. The molecule has 0 atom stereocenters. The lowest BCUT2D eigenvalue weighted by molar-refractivity contribution is 0.299. The largest absolute Gasteiger partial charge is 0.395 e.